The zero-order valence-electron chi connectivity index (χ0n) is 15.5. The van der Waals surface area contributed by atoms with Gasteiger partial charge in [-0.2, -0.15) is 9.97 Å². The molecule has 8 nitrogen and oxygen atoms in total. The van der Waals surface area contributed by atoms with Crippen molar-refractivity contribution in [1.29, 1.82) is 0 Å². The van der Waals surface area contributed by atoms with Gasteiger partial charge in [-0.1, -0.05) is 30.4 Å². The maximum atomic E-state index is 9.94. The van der Waals surface area contributed by atoms with Crippen LogP contribution in [-0.4, -0.2) is 31.1 Å². The lowest BCUT2D eigenvalue weighted by atomic mass is 9.99. The molecule has 1 aromatic carbocycles. The first-order chi connectivity index (χ1) is 14.1. The van der Waals surface area contributed by atoms with E-state index >= 15 is 0 Å². The van der Waals surface area contributed by atoms with E-state index in [1.807, 2.05) is 12.1 Å². The average Bonchev–Trinajstić information content (AvgIpc) is 2.85. The van der Waals surface area contributed by atoms with Crippen LogP contribution in [0.15, 0.2) is 54.3 Å². The molecule has 1 aliphatic heterocycles. The van der Waals surface area contributed by atoms with E-state index in [9.17, 15) is 5.11 Å². The number of phenolic OH excluding ortho intramolecular Hbond substituents is 1. The van der Waals surface area contributed by atoms with E-state index in [2.05, 4.69) is 49.1 Å². The number of nitrogens with zero attached hydrogens (tertiary/aromatic N) is 5. The molecule has 1 atom stereocenters. The fourth-order valence-corrected chi connectivity index (χ4v) is 3.78. The first-order valence-corrected chi connectivity index (χ1v) is 9.27. The van der Waals surface area contributed by atoms with Crippen LogP contribution in [0.4, 0.5) is 17.5 Å². The molecular weight excluding hydrogens is 366 g/mol. The topological polar surface area (TPSA) is 127 Å². The summed E-state index contributed by atoms with van der Waals surface area (Å²) in [6, 6.07) is 5.44. The van der Waals surface area contributed by atoms with Crippen molar-refractivity contribution in [1.82, 2.24) is 19.9 Å². The molecule has 0 spiro atoms. The summed E-state index contributed by atoms with van der Waals surface area (Å²) < 4.78 is 0. The first-order valence-electron chi connectivity index (χ1n) is 9.27. The summed E-state index contributed by atoms with van der Waals surface area (Å²) in [6.07, 6.45) is 13.3. The second-order valence-corrected chi connectivity index (χ2v) is 7.02. The fourth-order valence-electron chi connectivity index (χ4n) is 3.78. The number of aromatic hydroxyl groups is 1. The second-order valence-electron chi connectivity index (χ2n) is 7.02. The van der Waals surface area contributed by atoms with Gasteiger partial charge in [0.2, 0.25) is 5.95 Å². The lowest BCUT2D eigenvalue weighted by molar-refractivity contribution is 0.475. The standard InChI is InChI=1S/C21H19N7O/c22-19-18-20(27-21(23)26-19)24-10-14(25-18)11-28-16-4-2-1-3-12(16)5-6-13-9-15(29)7-8-17(13)28/h2-10,16,29H,1,11H2,(H4,22,23,24,26,27). The van der Waals surface area contributed by atoms with Gasteiger partial charge in [-0.05, 0) is 30.2 Å². The molecule has 0 amide bonds. The molecule has 0 bridgehead atoms. The van der Waals surface area contributed by atoms with Gasteiger partial charge in [-0.3, -0.25) is 0 Å². The minimum Gasteiger partial charge on any atom is -0.508 e. The van der Waals surface area contributed by atoms with E-state index in [1.54, 1.807) is 18.3 Å². The predicted molar refractivity (Wildman–Crippen MR) is 113 cm³/mol. The zero-order chi connectivity index (χ0) is 20.0. The van der Waals surface area contributed by atoms with Crippen LogP contribution in [0.5, 0.6) is 5.75 Å². The minimum atomic E-state index is 0.0586. The molecule has 0 saturated heterocycles. The molecule has 144 valence electrons. The number of benzene rings is 1. The van der Waals surface area contributed by atoms with E-state index in [1.165, 1.54) is 5.57 Å². The second kappa shape index (κ2) is 6.59. The summed E-state index contributed by atoms with van der Waals surface area (Å²) in [5.41, 5.74) is 16.3. The summed E-state index contributed by atoms with van der Waals surface area (Å²) in [4.78, 5) is 19.3. The number of nitrogen functional groups attached to an aromatic ring is 2. The molecule has 5 N–H and O–H groups in total. The van der Waals surface area contributed by atoms with Crippen molar-refractivity contribution in [2.75, 3.05) is 16.4 Å². The van der Waals surface area contributed by atoms with Gasteiger partial charge < -0.3 is 21.5 Å². The van der Waals surface area contributed by atoms with Crippen molar-refractivity contribution in [3.8, 4) is 5.75 Å². The number of anilines is 3. The Morgan fingerprint density at radius 2 is 2.03 bits per heavy atom. The van der Waals surface area contributed by atoms with Crippen molar-refractivity contribution in [2.24, 2.45) is 0 Å². The maximum absolute atomic E-state index is 9.94. The predicted octanol–water partition coefficient (Wildman–Crippen LogP) is 2.58. The Labute approximate surface area is 166 Å². The van der Waals surface area contributed by atoms with E-state index in [0.717, 1.165) is 23.4 Å². The number of allylic oxidation sites excluding steroid dienone is 2. The molecule has 3 heterocycles. The quantitative estimate of drug-likeness (QED) is 0.575. The maximum Gasteiger partial charge on any atom is 0.224 e. The number of rotatable bonds is 2. The summed E-state index contributed by atoms with van der Waals surface area (Å²) >= 11 is 0. The molecule has 5 rings (SSSR count). The Kier molecular flexibility index (Phi) is 3.90. The van der Waals surface area contributed by atoms with Crippen LogP contribution < -0.4 is 16.4 Å². The molecule has 0 saturated carbocycles. The summed E-state index contributed by atoms with van der Waals surface area (Å²) in [6.45, 7) is 0.499. The van der Waals surface area contributed by atoms with Crippen molar-refractivity contribution in [3.63, 3.8) is 0 Å². The molecule has 0 radical (unpaired) electrons. The van der Waals surface area contributed by atoms with Crippen LogP contribution in [0, 0.1) is 0 Å². The number of fused-ring (bicyclic) bond motifs is 3. The van der Waals surface area contributed by atoms with Crippen LogP contribution in [-0.2, 0) is 6.54 Å². The fraction of sp³-hybridized carbons (Fsp3) is 0.143. The van der Waals surface area contributed by atoms with Gasteiger partial charge in [-0.25, -0.2) is 9.97 Å². The third-order valence-electron chi connectivity index (χ3n) is 5.09. The Morgan fingerprint density at radius 1 is 1.14 bits per heavy atom. The van der Waals surface area contributed by atoms with Gasteiger partial charge in [0.25, 0.3) is 0 Å². The van der Waals surface area contributed by atoms with E-state index in [0.29, 0.717) is 17.7 Å². The Morgan fingerprint density at radius 3 is 2.93 bits per heavy atom. The van der Waals surface area contributed by atoms with Gasteiger partial charge in [0, 0.05) is 11.3 Å². The third-order valence-corrected chi connectivity index (χ3v) is 5.09. The van der Waals surface area contributed by atoms with Crippen molar-refractivity contribution >= 4 is 34.7 Å². The lowest BCUT2D eigenvalue weighted by Gasteiger charge is -2.33. The smallest absolute Gasteiger partial charge is 0.224 e. The molecule has 8 heteroatoms. The summed E-state index contributed by atoms with van der Waals surface area (Å²) in [7, 11) is 0. The van der Waals surface area contributed by atoms with Gasteiger partial charge in [-0.15, -0.1) is 0 Å². The van der Waals surface area contributed by atoms with Gasteiger partial charge in [0.15, 0.2) is 17.0 Å². The van der Waals surface area contributed by atoms with Crippen LogP contribution in [0.25, 0.3) is 17.2 Å². The molecule has 3 aromatic rings. The van der Waals surface area contributed by atoms with Crippen LogP contribution in [0.2, 0.25) is 0 Å². The lowest BCUT2D eigenvalue weighted by Crippen LogP contribution is -2.35. The minimum absolute atomic E-state index is 0.0586. The molecule has 1 unspecified atom stereocenters. The van der Waals surface area contributed by atoms with Gasteiger partial charge >= 0.3 is 0 Å². The van der Waals surface area contributed by atoms with Crippen LogP contribution >= 0.6 is 0 Å². The monoisotopic (exact) mass is 385 g/mol. The van der Waals surface area contributed by atoms with Crippen LogP contribution in [0.3, 0.4) is 0 Å². The number of nitrogens with two attached hydrogens (primary N) is 2. The summed E-state index contributed by atoms with van der Waals surface area (Å²) in [5, 5.41) is 9.94. The van der Waals surface area contributed by atoms with Crippen molar-refractivity contribution in [2.45, 2.75) is 19.0 Å². The van der Waals surface area contributed by atoms with Gasteiger partial charge in [0.05, 0.1) is 24.5 Å². The number of hydrogen-bond donors (Lipinski definition) is 3. The Bertz CT molecular complexity index is 1220. The Balaban J connectivity index is 1.60. The van der Waals surface area contributed by atoms with Crippen LogP contribution in [0.1, 0.15) is 17.7 Å². The number of aromatic nitrogens is 4. The highest BCUT2D eigenvalue weighted by Gasteiger charge is 2.26. The highest BCUT2D eigenvalue weighted by molar-refractivity contribution is 5.82. The molecule has 1 aliphatic carbocycles. The van der Waals surface area contributed by atoms with Gasteiger partial charge in [0.1, 0.15) is 5.75 Å². The normalized spacial score (nSPS) is 17.6. The SMILES string of the molecule is Nc1nc(N)c2nc(CN3c4ccc(O)cc4C=CC4=CCC=CC43)cnc2n1. The molecular formula is C21H19N7O. The Hall–Kier alpha value is -3.94. The molecule has 0 fully saturated rings. The van der Waals surface area contributed by atoms with E-state index in [4.69, 9.17) is 11.5 Å². The highest BCUT2D eigenvalue weighted by atomic mass is 16.3. The highest BCUT2D eigenvalue weighted by Crippen LogP contribution is 2.35. The largest absolute Gasteiger partial charge is 0.508 e. The summed E-state index contributed by atoms with van der Waals surface area (Å²) in [5.74, 6) is 0.519. The average molecular weight is 385 g/mol. The number of hydrogen-bond acceptors (Lipinski definition) is 8. The first kappa shape index (κ1) is 17.2. The van der Waals surface area contributed by atoms with E-state index < -0.39 is 0 Å². The number of phenols is 1. The third kappa shape index (κ3) is 3.04. The molecule has 2 aliphatic rings. The van der Waals surface area contributed by atoms with E-state index in [-0.39, 0.29) is 23.6 Å². The zero-order valence-corrected chi connectivity index (χ0v) is 15.5. The van der Waals surface area contributed by atoms with Crippen molar-refractivity contribution < 1.29 is 5.11 Å². The molecule has 2 aromatic heterocycles. The van der Waals surface area contributed by atoms with Crippen molar-refractivity contribution in [3.05, 3.63) is 65.5 Å². The molecule has 29 heavy (non-hydrogen) atoms.